The molecule has 0 saturated heterocycles. The van der Waals surface area contributed by atoms with Crippen LogP contribution in [-0.2, 0) is 0 Å². The summed E-state index contributed by atoms with van der Waals surface area (Å²) >= 11 is 16.1. The highest BCUT2D eigenvalue weighted by atomic mass is 79.9. The first-order valence-electron chi connectivity index (χ1n) is 6.64. The molecule has 0 N–H and O–H groups in total. The Bertz CT molecular complexity index is 661. The predicted molar refractivity (Wildman–Crippen MR) is 88.9 cm³/mol. The molecule has 2 aromatic carbocycles. The van der Waals surface area contributed by atoms with E-state index in [1.54, 1.807) is 0 Å². The Morgan fingerprint density at radius 2 is 1.76 bits per heavy atom. The van der Waals surface area contributed by atoms with Gasteiger partial charge in [-0.15, -0.1) is 11.6 Å². The fourth-order valence-electron chi connectivity index (χ4n) is 2.22. The molecule has 0 spiro atoms. The third-order valence-corrected chi connectivity index (χ3v) is 4.71. The smallest absolute Gasteiger partial charge is 0.161 e. The van der Waals surface area contributed by atoms with E-state index in [9.17, 15) is 0 Å². The molecule has 0 aromatic heterocycles. The molecule has 2 nitrogen and oxygen atoms in total. The highest BCUT2D eigenvalue weighted by molar-refractivity contribution is 9.10. The molecule has 0 bridgehead atoms. The summed E-state index contributed by atoms with van der Waals surface area (Å²) in [6, 6.07) is 11.4. The monoisotopic (exact) mass is 386 g/mol. The van der Waals surface area contributed by atoms with E-state index < -0.39 is 0 Å². The number of halogens is 3. The molecule has 1 unspecified atom stereocenters. The fourth-order valence-corrected chi connectivity index (χ4v) is 3.59. The van der Waals surface area contributed by atoms with Crippen molar-refractivity contribution in [3.63, 3.8) is 0 Å². The summed E-state index contributed by atoms with van der Waals surface area (Å²) in [5, 5.41) is 0.391. The van der Waals surface area contributed by atoms with Crippen molar-refractivity contribution in [3.05, 3.63) is 57.0 Å². The van der Waals surface area contributed by atoms with Crippen LogP contribution in [0.1, 0.15) is 22.9 Å². The zero-order valence-corrected chi connectivity index (χ0v) is 14.2. The van der Waals surface area contributed by atoms with E-state index in [0.29, 0.717) is 18.2 Å². The SMILES string of the molecule is Clc1ccc(C(Cl)c2ccc3c(c2)OCCCO3)c(Br)c1. The van der Waals surface area contributed by atoms with Gasteiger partial charge in [0, 0.05) is 15.9 Å². The van der Waals surface area contributed by atoms with E-state index >= 15 is 0 Å². The van der Waals surface area contributed by atoms with Gasteiger partial charge in [-0.2, -0.15) is 0 Å². The second-order valence-corrected chi connectivity index (χ2v) is 6.51. The Morgan fingerprint density at radius 3 is 2.52 bits per heavy atom. The molecule has 21 heavy (non-hydrogen) atoms. The summed E-state index contributed by atoms with van der Waals surface area (Å²) < 4.78 is 12.2. The van der Waals surface area contributed by atoms with E-state index in [4.69, 9.17) is 32.7 Å². The molecule has 0 fully saturated rings. The predicted octanol–water partition coefficient (Wildman–Crippen LogP) is 5.59. The van der Waals surface area contributed by atoms with Gasteiger partial charge in [0.25, 0.3) is 0 Å². The first kappa shape index (κ1) is 15.0. The maximum absolute atomic E-state index is 6.60. The van der Waals surface area contributed by atoms with Gasteiger partial charge in [-0.05, 0) is 35.4 Å². The van der Waals surface area contributed by atoms with Crippen LogP contribution in [-0.4, -0.2) is 13.2 Å². The van der Waals surface area contributed by atoms with Crippen LogP contribution < -0.4 is 9.47 Å². The van der Waals surface area contributed by atoms with E-state index in [0.717, 1.165) is 33.5 Å². The van der Waals surface area contributed by atoms with Crippen LogP contribution >= 0.6 is 39.1 Å². The largest absolute Gasteiger partial charge is 0.490 e. The molecule has 3 rings (SSSR count). The Labute approximate surface area is 142 Å². The summed E-state index contributed by atoms with van der Waals surface area (Å²) in [5.74, 6) is 1.52. The molecule has 0 amide bonds. The average Bonchev–Trinajstić information content (AvgIpc) is 2.71. The molecule has 0 saturated carbocycles. The molecule has 2 aromatic rings. The van der Waals surface area contributed by atoms with Gasteiger partial charge in [-0.25, -0.2) is 0 Å². The third kappa shape index (κ3) is 3.31. The third-order valence-electron chi connectivity index (χ3n) is 3.30. The molecule has 110 valence electrons. The summed E-state index contributed by atoms with van der Waals surface area (Å²) in [5.41, 5.74) is 1.93. The van der Waals surface area contributed by atoms with E-state index in [2.05, 4.69) is 15.9 Å². The number of hydrogen-bond acceptors (Lipinski definition) is 2. The van der Waals surface area contributed by atoms with Crippen molar-refractivity contribution in [2.75, 3.05) is 13.2 Å². The van der Waals surface area contributed by atoms with Crippen molar-refractivity contribution in [2.45, 2.75) is 11.8 Å². The number of rotatable bonds is 2. The lowest BCUT2D eigenvalue weighted by molar-refractivity contribution is 0.297. The van der Waals surface area contributed by atoms with Crippen molar-refractivity contribution in [1.82, 2.24) is 0 Å². The van der Waals surface area contributed by atoms with Crippen LogP contribution in [0.15, 0.2) is 40.9 Å². The zero-order chi connectivity index (χ0) is 14.8. The van der Waals surface area contributed by atoms with E-state index in [1.807, 2.05) is 36.4 Å². The highest BCUT2D eigenvalue weighted by Crippen LogP contribution is 2.39. The van der Waals surface area contributed by atoms with Gasteiger partial charge in [-0.3, -0.25) is 0 Å². The van der Waals surface area contributed by atoms with E-state index in [-0.39, 0.29) is 5.38 Å². The fraction of sp³-hybridized carbons (Fsp3) is 0.250. The number of hydrogen-bond donors (Lipinski definition) is 0. The number of benzene rings is 2. The standard InChI is InChI=1S/C16H13BrCl2O2/c17-13-9-11(18)3-4-12(13)16(19)10-2-5-14-15(8-10)21-7-1-6-20-14/h2-5,8-9,16H,1,6-7H2. The lowest BCUT2D eigenvalue weighted by atomic mass is 10.0. The van der Waals surface area contributed by atoms with Crippen molar-refractivity contribution in [2.24, 2.45) is 0 Å². The minimum atomic E-state index is -0.284. The number of alkyl halides is 1. The van der Waals surface area contributed by atoms with Gasteiger partial charge in [-0.1, -0.05) is 39.7 Å². The van der Waals surface area contributed by atoms with Crippen LogP contribution in [0.5, 0.6) is 11.5 Å². The van der Waals surface area contributed by atoms with Crippen LogP contribution in [0.4, 0.5) is 0 Å². The normalized spacial score (nSPS) is 15.4. The topological polar surface area (TPSA) is 18.5 Å². The zero-order valence-electron chi connectivity index (χ0n) is 11.1. The maximum atomic E-state index is 6.60. The van der Waals surface area contributed by atoms with E-state index in [1.165, 1.54) is 0 Å². The lowest BCUT2D eigenvalue weighted by Gasteiger charge is -2.15. The van der Waals surface area contributed by atoms with Crippen molar-refractivity contribution in [1.29, 1.82) is 0 Å². The molecule has 1 aliphatic rings. The Morgan fingerprint density at radius 1 is 1.00 bits per heavy atom. The van der Waals surface area contributed by atoms with Crippen LogP contribution in [0.25, 0.3) is 0 Å². The van der Waals surface area contributed by atoms with Gasteiger partial charge in [0.2, 0.25) is 0 Å². The lowest BCUT2D eigenvalue weighted by Crippen LogP contribution is -1.98. The summed E-state index contributed by atoms with van der Waals surface area (Å²) in [7, 11) is 0. The maximum Gasteiger partial charge on any atom is 0.161 e. The van der Waals surface area contributed by atoms with Gasteiger partial charge >= 0.3 is 0 Å². The minimum Gasteiger partial charge on any atom is -0.490 e. The Balaban J connectivity index is 1.94. The summed E-state index contributed by atoms with van der Waals surface area (Å²) in [6.07, 6.45) is 0.886. The molecule has 5 heteroatoms. The van der Waals surface area contributed by atoms with Crippen LogP contribution in [0.2, 0.25) is 5.02 Å². The second-order valence-electron chi connectivity index (χ2n) is 4.79. The van der Waals surface area contributed by atoms with Gasteiger partial charge in [0.15, 0.2) is 11.5 Å². The minimum absolute atomic E-state index is 0.284. The molecule has 1 atom stereocenters. The van der Waals surface area contributed by atoms with Crippen molar-refractivity contribution >= 4 is 39.1 Å². The van der Waals surface area contributed by atoms with Crippen molar-refractivity contribution < 1.29 is 9.47 Å². The molecule has 0 aliphatic carbocycles. The molecule has 1 heterocycles. The van der Waals surface area contributed by atoms with Crippen molar-refractivity contribution in [3.8, 4) is 11.5 Å². The first-order chi connectivity index (χ1) is 10.1. The van der Waals surface area contributed by atoms with Gasteiger partial charge in [0.05, 0.1) is 18.6 Å². The number of fused-ring (bicyclic) bond motifs is 1. The molecule has 1 aliphatic heterocycles. The Hall–Kier alpha value is -0.900. The first-order valence-corrected chi connectivity index (χ1v) is 8.24. The highest BCUT2D eigenvalue weighted by Gasteiger charge is 2.18. The number of ether oxygens (including phenoxy) is 2. The molecular formula is C16H13BrCl2O2. The average molecular weight is 388 g/mol. The molecular weight excluding hydrogens is 375 g/mol. The van der Waals surface area contributed by atoms with Crippen LogP contribution in [0, 0.1) is 0 Å². The van der Waals surface area contributed by atoms with Crippen LogP contribution in [0.3, 0.4) is 0 Å². The van der Waals surface area contributed by atoms with Gasteiger partial charge < -0.3 is 9.47 Å². The quantitative estimate of drug-likeness (QED) is 0.625. The Kier molecular flexibility index (Phi) is 4.63. The summed E-state index contributed by atoms with van der Waals surface area (Å²) in [6.45, 7) is 1.34. The second kappa shape index (κ2) is 6.47. The summed E-state index contributed by atoms with van der Waals surface area (Å²) in [4.78, 5) is 0. The van der Waals surface area contributed by atoms with Gasteiger partial charge in [0.1, 0.15) is 0 Å². The molecule has 0 radical (unpaired) electrons.